The van der Waals surface area contributed by atoms with Crippen molar-refractivity contribution < 1.29 is 17.9 Å². The Balaban J connectivity index is 1.86. The van der Waals surface area contributed by atoms with E-state index in [1.165, 1.54) is 4.31 Å². The van der Waals surface area contributed by atoms with E-state index in [9.17, 15) is 8.42 Å². The van der Waals surface area contributed by atoms with Crippen LogP contribution in [0.4, 0.5) is 5.69 Å². The van der Waals surface area contributed by atoms with Crippen LogP contribution in [0.3, 0.4) is 0 Å². The molecule has 0 amide bonds. The maximum atomic E-state index is 12.1. The van der Waals surface area contributed by atoms with Gasteiger partial charge >= 0.3 is 0 Å². The lowest BCUT2D eigenvalue weighted by Crippen LogP contribution is -2.33. The number of rotatable bonds is 6. The van der Waals surface area contributed by atoms with Crippen LogP contribution >= 0.6 is 0 Å². The smallest absolute Gasteiger partial charge is 0.217 e. The number of nitrogens with two attached hydrogens (primary N) is 1. The van der Waals surface area contributed by atoms with Gasteiger partial charge in [-0.25, -0.2) is 8.42 Å². The Bertz CT molecular complexity index is 547. The first-order valence-corrected chi connectivity index (χ1v) is 8.12. The predicted molar refractivity (Wildman–Crippen MR) is 77.1 cm³/mol. The summed E-state index contributed by atoms with van der Waals surface area (Å²) in [6, 6.07) is 7.03. The summed E-state index contributed by atoms with van der Waals surface area (Å²) in [6.07, 6.45) is 0.734. The molecule has 1 aliphatic rings. The zero-order valence-corrected chi connectivity index (χ0v) is 12.3. The number of nitrogen functional groups attached to an aromatic ring is 1. The van der Waals surface area contributed by atoms with E-state index in [0.29, 0.717) is 24.5 Å². The fraction of sp³-hybridized carbons (Fsp3) is 0.538. The van der Waals surface area contributed by atoms with E-state index in [4.69, 9.17) is 15.2 Å². The van der Waals surface area contributed by atoms with Gasteiger partial charge in [-0.1, -0.05) is 12.1 Å². The number of para-hydroxylation sites is 2. The summed E-state index contributed by atoms with van der Waals surface area (Å²) in [5.41, 5.74) is 6.23. The molecular formula is C13H20N2O4S. The van der Waals surface area contributed by atoms with Gasteiger partial charge in [-0.3, -0.25) is 0 Å². The Kier molecular flexibility index (Phi) is 4.85. The van der Waals surface area contributed by atoms with E-state index in [1.54, 1.807) is 31.4 Å². The van der Waals surface area contributed by atoms with Crippen LogP contribution in [0.2, 0.25) is 0 Å². The van der Waals surface area contributed by atoms with E-state index in [1.807, 2.05) is 0 Å². The molecule has 1 aromatic carbocycles. The van der Waals surface area contributed by atoms with Gasteiger partial charge in [0.15, 0.2) is 0 Å². The van der Waals surface area contributed by atoms with E-state index in [0.717, 1.165) is 6.42 Å². The molecule has 0 aromatic heterocycles. The molecule has 7 heteroatoms. The van der Waals surface area contributed by atoms with Crippen molar-refractivity contribution in [1.29, 1.82) is 0 Å². The first-order valence-electron chi connectivity index (χ1n) is 6.51. The zero-order chi connectivity index (χ0) is 14.6. The Morgan fingerprint density at radius 1 is 1.40 bits per heavy atom. The molecule has 0 spiro atoms. The van der Waals surface area contributed by atoms with Gasteiger partial charge in [0.1, 0.15) is 12.4 Å². The van der Waals surface area contributed by atoms with Crippen LogP contribution in [-0.4, -0.2) is 51.4 Å². The summed E-state index contributed by atoms with van der Waals surface area (Å²) in [5.74, 6) is 0.455. The van der Waals surface area contributed by atoms with Crippen molar-refractivity contribution in [3.63, 3.8) is 0 Å². The molecule has 1 fully saturated rings. The number of sulfonamides is 1. The predicted octanol–water partition coefficient (Wildman–Crippen LogP) is 0.698. The molecule has 1 unspecified atom stereocenters. The highest BCUT2D eigenvalue weighted by atomic mass is 32.2. The molecule has 2 N–H and O–H groups in total. The third-order valence-corrected chi connectivity index (χ3v) is 5.15. The van der Waals surface area contributed by atoms with Crippen molar-refractivity contribution in [2.45, 2.75) is 12.5 Å². The normalized spacial score (nSPS) is 20.1. The summed E-state index contributed by atoms with van der Waals surface area (Å²) in [6.45, 7) is 1.02. The third-order valence-electron chi connectivity index (χ3n) is 3.35. The summed E-state index contributed by atoms with van der Waals surface area (Å²) >= 11 is 0. The van der Waals surface area contributed by atoms with E-state index >= 15 is 0 Å². The second-order valence-electron chi connectivity index (χ2n) is 4.71. The molecule has 0 aliphatic carbocycles. The van der Waals surface area contributed by atoms with E-state index < -0.39 is 10.0 Å². The van der Waals surface area contributed by atoms with Gasteiger partial charge in [0.2, 0.25) is 10.0 Å². The van der Waals surface area contributed by atoms with E-state index in [2.05, 4.69) is 0 Å². The lowest BCUT2D eigenvalue weighted by atomic mass is 10.3. The summed E-state index contributed by atoms with van der Waals surface area (Å²) in [5, 5.41) is 0. The van der Waals surface area contributed by atoms with Gasteiger partial charge in [0.05, 0.1) is 17.5 Å². The van der Waals surface area contributed by atoms with Crippen LogP contribution in [0.1, 0.15) is 6.42 Å². The van der Waals surface area contributed by atoms with Gasteiger partial charge in [-0.2, -0.15) is 4.31 Å². The Labute approximate surface area is 119 Å². The lowest BCUT2D eigenvalue weighted by molar-refractivity contribution is 0.115. The monoisotopic (exact) mass is 300 g/mol. The molecular weight excluding hydrogens is 280 g/mol. The fourth-order valence-corrected chi connectivity index (χ4v) is 3.47. The van der Waals surface area contributed by atoms with Gasteiger partial charge in [-0.05, 0) is 18.6 Å². The van der Waals surface area contributed by atoms with Gasteiger partial charge < -0.3 is 15.2 Å². The molecule has 1 aromatic rings. The van der Waals surface area contributed by atoms with Crippen LogP contribution in [0.25, 0.3) is 0 Å². The molecule has 2 rings (SSSR count). The number of nitrogens with zero attached hydrogens (tertiary/aromatic N) is 1. The standard InChI is InChI=1S/C13H20N2O4S/c1-18-11-6-7-15(10-11)20(16,17)9-8-19-13-5-3-2-4-12(13)14/h2-5,11H,6-10,14H2,1H3. The molecule has 1 saturated heterocycles. The highest BCUT2D eigenvalue weighted by Crippen LogP contribution is 2.20. The average molecular weight is 300 g/mol. The van der Waals surface area contributed by atoms with Crippen molar-refractivity contribution in [1.82, 2.24) is 4.31 Å². The second-order valence-corrected chi connectivity index (χ2v) is 6.80. The van der Waals surface area contributed by atoms with Gasteiger partial charge in [-0.15, -0.1) is 0 Å². The van der Waals surface area contributed by atoms with Crippen LogP contribution in [0.5, 0.6) is 5.75 Å². The molecule has 1 heterocycles. The van der Waals surface area contributed by atoms with Gasteiger partial charge in [0, 0.05) is 20.2 Å². The first-order chi connectivity index (χ1) is 9.53. The number of ether oxygens (including phenoxy) is 2. The number of hydrogen-bond donors (Lipinski definition) is 1. The van der Waals surface area contributed by atoms with Crippen molar-refractivity contribution in [2.24, 2.45) is 0 Å². The van der Waals surface area contributed by atoms with Gasteiger partial charge in [0.25, 0.3) is 0 Å². The molecule has 112 valence electrons. The minimum Gasteiger partial charge on any atom is -0.490 e. The SMILES string of the molecule is COC1CCN(S(=O)(=O)CCOc2ccccc2N)C1. The lowest BCUT2D eigenvalue weighted by Gasteiger charge is -2.16. The summed E-state index contributed by atoms with van der Waals surface area (Å²) in [4.78, 5) is 0. The molecule has 0 bridgehead atoms. The van der Waals surface area contributed by atoms with Crippen LogP contribution in [0.15, 0.2) is 24.3 Å². The Morgan fingerprint density at radius 3 is 2.80 bits per heavy atom. The number of hydrogen-bond acceptors (Lipinski definition) is 5. The highest BCUT2D eigenvalue weighted by Gasteiger charge is 2.31. The second kappa shape index (κ2) is 6.43. The van der Waals surface area contributed by atoms with Crippen molar-refractivity contribution in [3.05, 3.63) is 24.3 Å². The van der Waals surface area contributed by atoms with Crippen molar-refractivity contribution in [2.75, 3.05) is 38.3 Å². The van der Waals surface area contributed by atoms with Crippen molar-refractivity contribution >= 4 is 15.7 Å². The third kappa shape index (κ3) is 3.62. The van der Waals surface area contributed by atoms with Crippen LogP contribution in [0, 0.1) is 0 Å². The van der Waals surface area contributed by atoms with Crippen LogP contribution in [-0.2, 0) is 14.8 Å². The molecule has 6 nitrogen and oxygen atoms in total. The number of benzene rings is 1. The summed E-state index contributed by atoms with van der Waals surface area (Å²) < 4.78 is 36.3. The minimum atomic E-state index is -3.30. The number of anilines is 1. The average Bonchev–Trinajstić information content (AvgIpc) is 2.90. The maximum absolute atomic E-state index is 12.1. The molecule has 1 aliphatic heterocycles. The topological polar surface area (TPSA) is 81.9 Å². The fourth-order valence-electron chi connectivity index (χ4n) is 2.14. The number of methoxy groups -OCH3 is 1. The van der Waals surface area contributed by atoms with Crippen LogP contribution < -0.4 is 10.5 Å². The quantitative estimate of drug-likeness (QED) is 0.782. The molecule has 0 saturated carbocycles. The minimum absolute atomic E-state index is 0.00420. The Hall–Kier alpha value is -1.31. The molecule has 1 atom stereocenters. The van der Waals surface area contributed by atoms with E-state index in [-0.39, 0.29) is 18.5 Å². The first kappa shape index (κ1) is 15.1. The molecule has 20 heavy (non-hydrogen) atoms. The zero-order valence-electron chi connectivity index (χ0n) is 11.5. The molecule has 0 radical (unpaired) electrons. The summed E-state index contributed by atoms with van der Waals surface area (Å²) in [7, 11) is -1.70. The Morgan fingerprint density at radius 2 is 2.15 bits per heavy atom. The maximum Gasteiger partial charge on any atom is 0.217 e. The largest absolute Gasteiger partial charge is 0.490 e. The highest BCUT2D eigenvalue weighted by molar-refractivity contribution is 7.89. The van der Waals surface area contributed by atoms with Crippen molar-refractivity contribution in [3.8, 4) is 5.75 Å².